The molecule has 0 saturated heterocycles. The van der Waals surface area contributed by atoms with Gasteiger partial charge >= 0.3 is 6.18 Å². The standard InChI is InChI=1S/C30H24F5IN4O4/c1-37-13-28(12-31)15-44-26-21(28)10-23(40-25(26)16-3-5-19(32)6-4-16)29(42,30(33,34)35)14-39-27(41)18-7-17-8-20(36)11-38-24(17)22(9-18)43-2/h3-11,13,42H,12,14-15H2,1-2H3,(H,39,41)/t28-,29?/m0/s1. The number of hydrogen-bond donors (Lipinski definition) is 2. The zero-order valence-electron chi connectivity index (χ0n) is 23.2. The largest absolute Gasteiger partial charge is 0.494 e. The fraction of sp³-hybridized carbons (Fsp3) is 0.267. The number of nitrogens with zero attached hydrogens (tertiary/aromatic N) is 3. The summed E-state index contributed by atoms with van der Waals surface area (Å²) in [5.41, 5.74) is -5.88. The Labute approximate surface area is 261 Å². The summed E-state index contributed by atoms with van der Waals surface area (Å²) in [6.07, 6.45) is -2.55. The van der Waals surface area contributed by atoms with Crippen molar-refractivity contribution in [1.82, 2.24) is 15.3 Å². The number of fused-ring (bicyclic) bond motifs is 2. The minimum absolute atomic E-state index is 0.0297. The van der Waals surface area contributed by atoms with Crippen LogP contribution >= 0.6 is 22.6 Å². The van der Waals surface area contributed by atoms with E-state index in [-0.39, 0.29) is 40.5 Å². The number of pyridine rings is 2. The van der Waals surface area contributed by atoms with Crippen LogP contribution in [-0.2, 0) is 11.0 Å². The van der Waals surface area contributed by atoms with E-state index in [0.29, 0.717) is 10.9 Å². The number of ether oxygens (including phenoxy) is 2. The van der Waals surface area contributed by atoms with Gasteiger partial charge in [-0.15, -0.1) is 0 Å². The number of alkyl halides is 4. The number of aliphatic hydroxyl groups is 1. The summed E-state index contributed by atoms with van der Waals surface area (Å²) in [4.78, 5) is 25.4. The molecule has 14 heteroatoms. The molecule has 0 spiro atoms. The van der Waals surface area contributed by atoms with Gasteiger partial charge in [0.05, 0.1) is 24.8 Å². The van der Waals surface area contributed by atoms with Gasteiger partial charge in [-0.25, -0.2) is 13.8 Å². The lowest BCUT2D eigenvalue weighted by molar-refractivity contribution is -0.265. The number of rotatable bonds is 8. The molecule has 3 heterocycles. The number of carbonyl (C=O) groups excluding carboxylic acids is 1. The van der Waals surface area contributed by atoms with Crippen LogP contribution in [0.3, 0.4) is 0 Å². The number of aromatic nitrogens is 2. The maximum absolute atomic E-state index is 14.7. The number of amides is 1. The molecular weight excluding hydrogens is 702 g/mol. The quantitative estimate of drug-likeness (QED) is 0.141. The Kier molecular flexibility index (Phi) is 8.50. The molecular formula is C30H24F5IN4O4. The maximum atomic E-state index is 14.7. The van der Waals surface area contributed by atoms with E-state index in [1.54, 1.807) is 12.3 Å². The first-order chi connectivity index (χ1) is 20.9. The number of halogens is 6. The normalized spacial score (nSPS) is 17.8. The van der Waals surface area contributed by atoms with Gasteiger partial charge in [-0.1, -0.05) is 0 Å². The van der Waals surface area contributed by atoms with Gasteiger partial charge in [0.15, 0.2) is 0 Å². The highest BCUT2D eigenvalue weighted by Crippen LogP contribution is 2.47. The lowest BCUT2D eigenvalue weighted by Gasteiger charge is -2.31. The van der Waals surface area contributed by atoms with Crippen LogP contribution < -0.4 is 14.8 Å². The molecule has 1 aliphatic heterocycles. The van der Waals surface area contributed by atoms with Crippen molar-refractivity contribution in [3.63, 3.8) is 0 Å². The highest BCUT2D eigenvalue weighted by atomic mass is 127. The van der Waals surface area contributed by atoms with Crippen molar-refractivity contribution < 1.29 is 41.3 Å². The fourth-order valence-corrected chi connectivity index (χ4v) is 5.44. The maximum Gasteiger partial charge on any atom is 0.424 e. The van der Waals surface area contributed by atoms with Crippen molar-refractivity contribution in [3.8, 4) is 22.8 Å². The van der Waals surface area contributed by atoms with Crippen LogP contribution in [0.15, 0.2) is 59.7 Å². The van der Waals surface area contributed by atoms with Crippen molar-refractivity contribution in [2.24, 2.45) is 4.99 Å². The van der Waals surface area contributed by atoms with Gasteiger partial charge in [0.1, 0.15) is 41.8 Å². The zero-order valence-corrected chi connectivity index (χ0v) is 25.3. The molecule has 0 radical (unpaired) electrons. The second kappa shape index (κ2) is 11.9. The molecule has 8 nitrogen and oxygen atoms in total. The summed E-state index contributed by atoms with van der Waals surface area (Å²) in [6, 6.07) is 10.1. The third kappa shape index (κ3) is 5.56. The van der Waals surface area contributed by atoms with Crippen LogP contribution in [-0.4, -0.2) is 67.4 Å². The van der Waals surface area contributed by atoms with Gasteiger partial charge in [-0.2, -0.15) is 13.2 Å². The predicted molar refractivity (Wildman–Crippen MR) is 160 cm³/mol. The van der Waals surface area contributed by atoms with Gasteiger partial charge in [-0.3, -0.25) is 14.8 Å². The van der Waals surface area contributed by atoms with E-state index in [9.17, 15) is 31.9 Å². The molecule has 1 unspecified atom stereocenters. The summed E-state index contributed by atoms with van der Waals surface area (Å²) in [5.74, 6) is -1.35. The van der Waals surface area contributed by atoms with E-state index in [0.717, 1.165) is 21.8 Å². The third-order valence-electron chi connectivity index (χ3n) is 7.31. The van der Waals surface area contributed by atoms with Gasteiger partial charge in [0, 0.05) is 45.1 Å². The molecule has 1 amide bonds. The Bertz CT molecular complexity index is 1770. The van der Waals surface area contributed by atoms with E-state index in [1.807, 2.05) is 22.6 Å². The van der Waals surface area contributed by atoms with Gasteiger partial charge < -0.3 is 19.9 Å². The molecule has 0 saturated carbocycles. The first-order valence-corrected chi connectivity index (χ1v) is 14.1. The molecule has 0 bridgehead atoms. The van der Waals surface area contributed by atoms with E-state index in [4.69, 9.17) is 9.47 Å². The third-order valence-corrected chi connectivity index (χ3v) is 7.90. The summed E-state index contributed by atoms with van der Waals surface area (Å²) in [7, 11) is 2.74. The first kappa shape index (κ1) is 31.5. The van der Waals surface area contributed by atoms with Crippen molar-refractivity contribution in [1.29, 1.82) is 0 Å². The van der Waals surface area contributed by atoms with Crippen molar-refractivity contribution in [3.05, 3.63) is 80.9 Å². The molecule has 2 aromatic heterocycles. The summed E-state index contributed by atoms with van der Waals surface area (Å²) in [5, 5.41) is 13.9. The molecule has 44 heavy (non-hydrogen) atoms. The average Bonchev–Trinajstić information content (AvgIpc) is 3.37. The van der Waals surface area contributed by atoms with Crippen LogP contribution in [0.1, 0.15) is 21.6 Å². The Morgan fingerprint density at radius 3 is 2.59 bits per heavy atom. The molecule has 0 fully saturated rings. The van der Waals surface area contributed by atoms with Gasteiger partial charge in [0.25, 0.3) is 5.91 Å². The number of nitrogens with one attached hydrogen (secondary N) is 1. The highest BCUT2D eigenvalue weighted by Gasteiger charge is 2.57. The SMILES string of the molecule is CN=C[C@@]1(CF)COc2c1cc(C(O)(CNC(=O)c1cc(OC)c3ncc(I)cc3c1)C(F)(F)F)nc2-c1ccc(F)cc1. The van der Waals surface area contributed by atoms with Crippen molar-refractivity contribution in [2.45, 2.75) is 17.2 Å². The average molecular weight is 726 g/mol. The van der Waals surface area contributed by atoms with Crippen LogP contribution in [0.5, 0.6) is 11.5 Å². The smallest absolute Gasteiger partial charge is 0.424 e. The second-order valence-corrected chi connectivity index (χ2v) is 11.4. The van der Waals surface area contributed by atoms with E-state index >= 15 is 0 Å². The minimum Gasteiger partial charge on any atom is -0.494 e. The Morgan fingerprint density at radius 1 is 1.23 bits per heavy atom. The van der Waals surface area contributed by atoms with Crippen LogP contribution in [0.25, 0.3) is 22.2 Å². The van der Waals surface area contributed by atoms with Crippen LogP contribution in [0, 0.1) is 9.39 Å². The van der Waals surface area contributed by atoms with E-state index < -0.39 is 47.8 Å². The predicted octanol–water partition coefficient (Wildman–Crippen LogP) is 5.53. The molecule has 1 aliphatic rings. The number of methoxy groups -OCH3 is 1. The second-order valence-electron chi connectivity index (χ2n) is 10.1. The Morgan fingerprint density at radius 2 is 1.95 bits per heavy atom. The summed E-state index contributed by atoms with van der Waals surface area (Å²) >= 11 is 2.03. The number of benzene rings is 2. The van der Waals surface area contributed by atoms with Crippen molar-refractivity contribution >= 4 is 45.6 Å². The minimum atomic E-state index is -5.36. The van der Waals surface area contributed by atoms with Crippen LogP contribution in [0.4, 0.5) is 22.0 Å². The topological polar surface area (TPSA) is 106 Å². The van der Waals surface area contributed by atoms with Gasteiger partial charge in [-0.05, 0) is 71.1 Å². The molecule has 2 aromatic carbocycles. The van der Waals surface area contributed by atoms with Crippen LogP contribution in [0.2, 0.25) is 0 Å². The molecule has 230 valence electrons. The monoisotopic (exact) mass is 726 g/mol. The zero-order chi connectivity index (χ0) is 31.9. The van der Waals surface area contributed by atoms with E-state index in [2.05, 4.69) is 20.3 Å². The lowest BCUT2D eigenvalue weighted by atomic mass is 9.82. The summed E-state index contributed by atoms with van der Waals surface area (Å²) < 4.78 is 84.2. The van der Waals surface area contributed by atoms with Crippen molar-refractivity contribution in [2.75, 3.05) is 34.0 Å². The Hall–Kier alpha value is -3.92. The summed E-state index contributed by atoms with van der Waals surface area (Å²) in [6.45, 7) is -2.73. The number of aliphatic imine (C=N–C) groups is 1. The molecule has 5 rings (SSSR count). The number of carbonyl (C=O) groups is 1. The fourth-order valence-electron chi connectivity index (χ4n) is 4.96. The molecule has 2 N–H and O–H groups in total. The first-order valence-electron chi connectivity index (χ1n) is 13.0. The lowest BCUT2D eigenvalue weighted by Crippen LogP contribution is -2.51. The number of hydrogen-bond acceptors (Lipinski definition) is 7. The Balaban J connectivity index is 1.60. The highest BCUT2D eigenvalue weighted by molar-refractivity contribution is 14.1. The molecule has 2 atom stereocenters. The molecule has 0 aliphatic carbocycles. The molecule has 4 aromatic rings. The van der Waals surface area contributed by atoms with E-state index in [1.165, 1.54) is 44.6 Å². The van der Waals surface area contributed by atoms with Gasteiger partial charge in [0.2, 0.25) is 5.60 Å².